The molecular formula is C11H13NO3S. The monoisotopic (exact) mass is 239 g/mol. The summed E-state index contributed by atoms with van der Waals surface area (Å²) in [4.78, 5) is 22.4. The lowest BCUT2D eigenvalue weighted by molar-refractivity contribution is 0.0526. The van der Waals surface area contributed by atoms with Gasteiger partial charge in [-0.05, 0) is 37.4 Å². The number of ether oxygens (including phenoxy) is 1. The Labute approximate surface area is 98.4 Å². The number of hydrogen-bond donors (Lipinski definition) is 1. The number of amides is 1. The summed E-state index contributed by atoms with van der Waals surface area (Å²) >= 11 is 1.10. The first-order chi connectivity index (χ1) is 7.67. The molecule has 0 fully saturated rings. The average Bonchev–Trinajstić information content (AvgIpc) is 2.30. The second kappa shape index (κ2) is 6.17. The zero-order valence-electron chi connectivity index (χ0n) is 9.15. The summed E-state index contributed by atoms with van der Waals surface area (Å²) in [6.07, 6.45) is 1.70. The van der Waals surface area contributed by atoms with E-state index in [9.17, 15) is 9.59 Å². The molecule has 0 spiro atoms. The van der Waals surface area contributed by atoms with E-state index in [1.165, 1.54) is 0 Å². The highest BCUT2D eigenvalue weighted by Crippen LogP contribution is 2.12. The molecule has 0 radical (unpaired) electrons. The van der Waals surface area contributed by atoms with Crippen LogP contribution in [0.3, 0.4) is 0 Å². The molecule has 0 bridgehead atoms. The van der Waals surface area contributed by atoms with Crippen molar-refractivity contribution in [2.24, 2.45) is 0 Å². The van der Waals surface area contributed by atoms with Crippen LogP contribution in [0.2, 0.25) is 0 Å². The van der Waals surface area contributed by atoms with Crippen LogP contribution >= 0.6 is 11.8 Å². The number of benzene rings is 1. The summed E-state index contributed by atoms with van der Waals surface area (Å²) in [6.45, 7) is 2.11. The van der Waals surface area contributed by atoms with E-state index in [1.54, 1.807) is 37.4 Å². The van der Waals surface area contributed by atoms with Gasteiger partial charge in [-0.2, -0.15) is 0 Å². The molecule has 0 saturated heterocycles. The van der Waals surface area contributed by atoms with Gasteiger partial charge in [0.05, 0.1) is 12.2 Å². The fourth-order valence-corrected chi connectivity index (χ4v) is 1.29. The maximum absolute atomic E-state index is 11.3. The fraction of sp³-hybridized carbons (Fsp3) is 0.273. The molecule has 1 aromatic carbocycles. The first-order valence-electron chi connectivity index (χ1n) is 4.79. The highest BCUT2D eigenvalue weighted by atomic mass is 32.2. The fourth-order valence-electron chi connectivity index (χ4n) is 1.07. The molecule has 5 heteroatoms. The first kappa shape index (κ1) is 12.6. The lowest BCUT2D eigenvalue weighted by Crippen LogP contribution is -2.06. The van der Waals surface area contributed by atoms with Crippen LogP contribution in [0.25, 0.3) is 0 Å². The molecule has 1 N–H and O–H groups in total. The lowest BCUT2D eigenvalue weighted by atomic mass is 10.2. The van der Waals surface area contributed by atoms with Crippen LogP contribution in [-0.2, 0) is 4.74 Å². The van der Waals surface area contributed by atoms with Gasteiger partial charge in [0.15, 0.2) is 0 Å². The zero-order valence-corrected chi connectivity index (χ0v) is 9.97. The van der Waals surface area contributed by atoms with Crippen LogP contribution in [0.15, 0.2) is 24.3 Å². The largest absolute Gasteiger partial charge is 0.462 e. The molecule has 86 valence electrons. The summed E-state index contributed by atoms with van der Waals surface area (Å²) < 4.78 is 4.84. The maximum Gasteiger partial charge on any atom is 0.338 e. The minimum absolute atomic E-state index is 0.135. The normalized spacial score (nSPS) is 9.62. The molecule has 16 heavy (non-hydrogen) atoms. The van der Waals surface area contributed by atoms with Gasteiger partial charge in [-0.15, -0.1) is 0 Å². The van der Waals surface area contributed by atoms with Crippen molar-refractivity contribution in [2.75, 3.05) is 18.2 Å². The van der Waals surface area contributed by atoms with E-state index < -0.39 is 0 Å². The second-order valence-corrected chi connectivity index (χ2v) is 3.69. The SMILES string of the molecule is CCOC(=O)c1ccc(NC(=O)SC)cc1. The Balaban J connectivity index is 2.67. The van der Waals surface area contributed by atoms with Gasteiger partial charge in [0.1, 0.15) is 0 Å². The number of rotatable bonds is 3. The van der Waals surface area contributed by atoms with Crippen molar-refractivity contribution in [2.45, 2.75) is 6.92 Å². The van der Waals surface area contributed by atoms with Gasteiger partial charge in [0, 0.05) is 5.69 Å². The number of thioether (sulfide) groups is 1. The van der Waals surface area contributed by atoms with Crippen molar-refractivity contribution < 1.29 is 14.3 Å². The number of carbonyl (C=O) groups is 2. The number of anilines is 1. The molecule has 0 aliphatic heterocycles. The summed E-state index contributed by atoms with van der Waals surface area (Å²) in [5, 5.41) is 2.53. The Morgan fingerprint density at radius 2 is 1.94 bits per heavy atom. The van der Waals surface area contributed by atoms with Crippen molar-refractivity contribution in [3.05, 3.63) is 29.8 Å². The Kier molecular flexibility index (Phi) is 4.85. The number of hydrogen-bond acceptors (Lipinski definition) is 4. The van der Waals surface area contributed by atoms with Gasteiger partial charge in [0.2, 0.25) is 0 Å². The molecule has 4 nitrogen and oxygen atoms in total. The molecule has 0 aromatic heterocycles. The molecule has 0 saturated carbocycles. The smallest absolute Gasteiger partial charge is 0.338 e. The van der Waals surface area contributed by atoms with E-state index >= 15 is 0 Å². The van der Waals surface area contributed by atoms with Crippen molar-refractivity contribution in [3.8, 4) is 0 Å². The summed E-state index contributed by atoms with van der Waals surface area (Å²) in [5.74, 6) is -0.356. The van der Waals surface area contributed by atoms with Gasteiger partial charge < -0.3 is 10.1 Å². The van der Waals surface area contributed by atoms with Crippen molar-refractivity contribution in [1.29, 1.82) is 0 Å². The van der Waals surface area contributed by atoms with Crippen LogP contribution in [0.4, 0.5) is 10.5 Å². The van der Waals surface area contributed by atoms with E-state index in [1.807, 2.05) is 0 Å². The summed E-state index contributed by atoms with van der Waals surface area (Å²) in [5.41, 5.74) is 1.14. The third-order valence-corrected chi connectivity index (χ3v) is 2.30. The van der Waals surface area contributed by atoms with E-state index in [2.05, 4.69) is 5.32 Å². The Morgan fingerprint density at radius 3 is 2.44 bits per heavy atom. The number of esters is 1. The minimum atomic E-state index is -0.356. The predicted molar refractivity (Wildman–Crippen MR) is 64.9 cm³/mol. The van der Waals surface area contributed by atoms with Crippen molar-refractivity contribution in [1.82, 2.24) is 0 Å². The predicted octanol–water partition coefficient (Wildman–Crippen LogP) is 2.76. The van der Waals surface area contributed by atoms with Gasteiger partial charge in [-0.3, -0.25) is 4.79 Å². The van der Waals surface area contributed by atoms with Gasteiger partial charge in [-0.25, -0.2) is 4.79 Å². The van der Waals surface area contributed by atoms with E-state index in [4.69, 9.17) is 4.74 Å². The molecule has 0 aliphatic rings. The van der Waals surface area contributed by atoms with E-state index in [0.29, 0.717) is 17.9 Å². The first-order valence-corrected chi connectivity index (χ1v) is 6.02. The van der Waals surface area contributed by atoms with Crippen LogP contribution in [0.5, 0.6) is 0 Å². The zero-order chi connectivity index (χ0) is 12.0. The van der Waals surface area contributed by atoms with E-state index in [0.717, 1.165) is 11.8 Å². The van der Waals surface area contributed by atoms with Crippen LogP contribution < -0.4 is 5.32 Å². The topological polar surface area (TPSA) is 55.4 Å². The van der Waals surface area contributed by atoms with Crippen LogP contribution in [0, 0.1) is 0 Å². The third kappa shape index (κ3) is 3.58. The maximum atomic E-state index is 11.3. The highest BCUT2D eigenvalue weighted by molar-refractivity contribution is 8.13. The van der Waals surface area contributed by atoms with Gasteiger partial charge in [0.25, 0.3) is 5.24 Å². The van der Waals surface area contributed by atoms with Crippen LogP contribution in [-0.4, -0.2) is 24.1 Å². The molecule has 0 aliphatic carbocycles. The quantitative estimate of drug-likeness (QED) is 0.824. The average molecular weight is 239 g/mol. The van der Waals surface area contributed by atoms with Gasteiger partial charge in [-0.1, -0.05) is 11.8 Å². The Morgan fingerprint density at radius 1 is 1.31 bits per heavy atom. The Hall–Kier alpha value is -1.49. The second-order valence-electron chi connectivity index (χ2n) is 2.91. The molecule has 0 unspecified atom stereocenters. The highest BCUT2D eigenvalue weighted by Gasteiger charge is 2.06. The molecule has 0 heterocycles. The van der Waals surface area contributed by atoms with Crippen molar-refractivity contribution >= 4 is 28.7 Å². The molecule has 1 aromatic rings. The molecule has 1 rings (SSSR count). The van der Waals surface area contributed by atoms with E-state index in [-0.39, 0.29) is 11.2 Å². The molecule has 1 amide bonds. The third-order valence-electron chi connectivity index (χ3n) is 1.83. The van der Waals surface area contributed by atoms with Crippen LogP contribution in [0.1, 0.15) is 17.3 Å². The van der Waals surface area contributed by atoms with Gasteiger partial charge >= 0.3 is 5.97 Å². The summed E-state index contributed by atoms with van der Waals surface area (Å²) in [7, 11) is 0. The number of carbonyl (C=O) groups excluding carboxylic acids is 2. The lowest BCUT2D eigenvalue weighted by Gasteiger charge is -2.04. The molecule has 0 atom stereocenters. The Bertz CT molecular complexity index is 375. The van der Waals surface area contributed by atoms with Crippen molar-refractivity contribution in [3.63, 3.8) is 0 Å². The molecular weight excluding hydrogens is 226 g/mol. The minimum Gasteiger partial charge on any atom is -0.462 e. The number of nitrogens with one attached hydrogen (secondary N) is 1. The summed E-state index contributed by atoms with van der Waals surface area (Å²) in [6, 6.07) is 6.57. The standard InChI is InChI=1S/C11H13NO3S/c1-3-15-10(13)8-4-6-9(7-5-8)12-11(14)16-2/h4-7H,3H2,1-2H3,(H,12,14).